The number of benzene rings is 1. The number of halogens is 1. The first-order valence-corrected chi connectivity index (χ1v) is 6.65. The van der Waals surface area contributed by atoms with Gasteiger partial charge in [-0.3, -0.25) is 4.79 Å². The molecule has 1 aromatic carbocycles. The average molecular weight is 282 g/mol. The fourth-order valence-electron chi connectivity index (χ4n) is 1.64. The molecule has 2 rings (SSSR count). The summed E-state index contributed by atoms with van der Waals surface area (Å²) in [5, 5.41) is 11.6. The Morgan fingerprint density at radius 2 is 2.00 bits per heavy atom. The number of carboxylic acid groups (broad SMARTS) is 1. The van der Waals surface area contributed by atoms with Crippen LogP contribution in [0.25, 0.3) is 0 Å². The van der Waals surface area contributed by atoms with Gasteiger partial charge < -0.3 is 10.0 Å². The fourth-order valence-corrected chi connectivity index (χ4v) is 2.49. The van der Waals surface area contributed by atoms with Gasteiger partial charge in [-0.15, -0.1) is 11.3 Å². The van der Waals surface area contributed by atoms with E-state index in [4.69, 9.17) is 16.7 Å². The molecule has 5 heteroatoms. The van der Waals surface area contributed by atoms with Crippen molar-refractivity contribution in [3.05, 3.63) is 51.7 Å². The van der Waals surface area contributed by atoms with Crippen LogP contribution in [0.1, 0.15) is 4.88 Å². The largest absolute Gasteiger partial charge is 0.480 e. The Balaban J connectivity index is 2.19. The van der Waals surface area contributed by atoms with Gasteiger partial charge >= 0.3 is 5.97 Å². The minimum Gasteiger partial charge on any atom is -0.480 e. The Bertz CT molecular complexity index is 510. The summed E-state index contributed by atoms with van der Waals surface area (Å²) in [6.07, 6.45) is 0. The lowest BCUT2D eigenvalue weighted by molar-refractivity contribution is -0.135. The molecule has 0 saturated heterocycles. The minimum atomic E-state index is -0.846. The third-order valence-corrected chi connectivity index (χ3v) is 3.56. The van der Waals surface area contributed by atoms with Crippen molar-refractivity contribution >= 4 is 34.6 Å². The molecule has 0 amide bonds. The van der Waals surface area contributed by atoms with Crippen molar-refractivity contribution in [2.24, 2.45) is 0 Å². The maximum absolute atomic E-state index is 10.9. The highest BCUT2D eigenvalue weighted by molar-refractivity contribution is 7.09. The number of aliphatic carboxylic acids is 1. The van der Waals surface area contributed by atoms with Gasteiger partial charge in [0.2, 0.25) is 0 Å². The summed E-state index contributed by atoms with van der Waals surface area (Å²) in [5.74, 6) is -0.846. The molecule has 0 spiro atoms. The number of hydrogen-bond donors (Lipinski definition) is 1. The molecule has 1 N–H and O–H groups in total. The zero-order valence-corrected chi connectivity index (χ0v) is 11.1. The second-order valence-electron chi connectivity index (χ2n) is 3.81. The van der Waals surface area contributed by atoms with E-state index in [2.05, 4.69) is 0 Å². The molecule has 1 heterocycles. The molecule has 0 fully saturated rings. The molecule has 1 aromatic heterocycles. The van der Waals surface area contributed by atoms with E-state index in [-0.39, 0.29) is 6.54 Å². The van der Waals surface area contributed by atoms with Crippen LogP contribution in [0, 0.1) is 0 Å². The Hall–Kier alpha value is -1.52. The maximum atomic E-state index is 10.9. The predicted octanol–water partition coefficient (Wildman–Crippen LogP) is 3.49. The molecule has 0 aliphatic carbocycles. The van der Waals surface area contributed by atoms with Gasteiger partial charge in [-0.25, -0.2) is 0 Å². The van der Waals surface area contributed by atoms with Gasteiger partial charge in [0.25, 0.3) is 0 Å². The normalized spacial score (nSPS) is 10.3. The number of hydrogen-bond acceptors (Lipinski definition) is 3. The van der Waals surface area contributed by atoms with Crippen molar-refractivity contribution in [3.63, 3.8) is 0 Å². The van der Waals surface area contributed by atoms with E-state index in [1.807, 2.05) is 34.5 Å². The SMILES string of the molecule is O=C(O)CN(Cc1cccs1)c1ccc(Cl)cc1. The molecule has 2 aromatic rings. The maximum Gasteiger partial charge on any atom is 0.323 e. The first-order chi connectivity index (χ1) is 8.65. The third-order valence-electron chi connectivity index (χ3n) is 2.44. The van der Waals surface area contributed by atoms with E-state index in [1.54, 1.807) is 23.5 Å². The van der Waals surface area contributed by atoms with Crippen LogP contribution in [0.15, 0.2) is 41.8 Å². The standard InChI is InChI=1S/C13H12ClNO2S/c14-10-3-5-11(6-4-10)15(9-13(16)17)8-12-2-1-7-18-12/h1-7H,8-9H2,(H,16,17). The molecule has 0 atom stereocenters. The summed E-state index contributed by atoms with van der Waals surface area (Å²) < 4.78 is 0. The van der Waals surface area contributed by atoms with E-state index >= 15 is 0 Å². The number of carbonyl (C=O) groups is 1. The fraction of sp³-hybridized carbons (Fsp3) is 0.154. The Kier molecular flexibility index (Phi) is 4.23. The molecule has 0 aliphatic rings. The van der Waals surface area contributed by atoms with Crippen LogP contribution >= 0.6 is 22.9 Å². The smallest absolute Gasteiger partial charge is 0.323 e. The average Bonchev–Trinajstić information content (AvgIpc) is 2.81. The molecular formula is C13H12ClNO2S. The summed E-state index contributed by atoms with van der Waals surface area (Å²) in [7, 11) is 0. The van der Waals surface area contributed by atoms with Crippen LogP contribution in [0.3, 0.4) is 0 Å². The van der Waals surface area contributed by atoms with E-state index < -0.39 is 5.97 Å². The van der Waals surface area contributed by atoms with Crippen molar-refractivity contribution in [2.75, 3.05) is 11.4 Å². The monoisotopic (exact) mass is 281 g/mol. The predicted molar refractivity (Wildman–Crippen MR) is 74.5 cm³/mol. The van der Waals surface area contributed by atoms with Crippen LogP contribution in [-0.2, 0) is 11.3 Å². The van der Waals surface area contributed by atoms with Crippen LogP contribution in [0.4, 0.5) is 5.69 Å². The number of thiophene rings is 1. The van der Waals surface area contributed by atoms with Gasteiger partial charge in [0.15, 0.2) is 0 Å². The molecule has 0 aliphatic heterocycles. The lowest BCUT2D eigenvalue weighted by atomic mass is 10.2. The summed E-state index contributed by atoms with van der Waals surface area (Å²) in [6.45, 7) is 0.561. The van der Waals surface area contributed by atoms with E-state index in [1.165, 1.54) is 0 Å². The molecule has 0 unspecified atom stereocenters. The van der Waals surface area contributed by atoms with Gasteiger partial charge in [-0.2, -0.15) is 0 Å². The minimum absolute atomic E-state index is 0.0282. The molecule has 3 nitrogen and oxygen atoms in total. The van der Waals surface area contributed by atoms with Crippen LogP contribution in [0.5, 0.6) is 0 Å². The topological polar surface area (TPSA) is 40.5 Å². The number of anilines is 1. The lowest BCUT2D eigenvalue weighted by Gasteiger charge is -2.22. The molecule has 0 radical (unpaired) electrons. The number of carboxylic acids is 1. The van der Waals surface area contributed by atoms with Crippen molar-refractivity contribution in [3.8, 4) is 0 Å². The molecule has 0 bridgehead atoms. The van der Waals surface area contributed by atoms with E-state index in [0.29, 0.717) is 11.6 Å². The summed E-state index contributed by atoms with van der Waals surface area (Å²) in [6, 6.07) is 11.1. The molecular weight excluding hydrogens is 270 g/mol. The zero-order valence-electron chi connectivity index (χ0n) is 9.54. The third kappa shape index (κ3) is 3.48. The van der Waals surface area contributed by atoms with Crippen molar-refractivity contribution in [2.45, 2.75) is 6.54 Å². The van der Waals surface area contributed by atoms with Gasteiger partial charge in [0.05, 0.1) is 6.54 Å². The highest BCUT2D eigenvalue weighted by Gasteiger charge is 2.11. The quantitative estimate of drug-likeness (QED) is 0.912. The van der Waals surface area contributed by atoms with Crippen molar-refractivity contribution < 1.29 is 9.90 Å². The van der Waals surface area contributed by atoms with Crippen LogP contribution in [0.2, 0.25) is 5.02 Å². The molecule has 0 saturated carbocycles. The summed E-state index contributed by atoms with van der Waals surface area (Å²) >= 11 is 7.45. The van der Waals surface area contributed by atoms with Gasteiger partial charge in [0, 0.05) is 15.6 Å². The first kappa shape index (κ1) is 12.9. The summed E-state index contributed by atoms with van der Waals surface area (Å²) in [5.41, 5.74) is 0.857. The number of nitrogens with zero attached hydrogens (tertiary/aromatic N) is 1. The molecule has 94 valence electrons. The number of rotatable bonds is 5. The van der Waals surface area contributed by atoms with Crippen LogP contribution in [-0.4, -0.2) is 17.6 Å². The second kappa shape index (κ2) is 5.89. The molecule has 18 heavy (non-hydrogen) atoms. The van der Waals surface area contributed by atoms with Crippen LogP contribution < -0.4 is 4.90 Å². The highest BCUT2D eigenvalue weighted by Crippen LogP contribution is 2.21. The Labute approximate surface area is 114 Å². The van der Waals surface area contributed by atoms with Crippen molar-refractivity contribution in [1.82, 2.24) is 0 Å². The van der Waals surface area contributed by atoms with E-state index in [0.717, 1.165) is 10.6 Å². The zero-order chi connectivity index (χ0) is 13.0. The van der Waals surface area contributed by atoms with Crippen molar-refractivity contribution in [1.29, 1.82) is 0 Å². The van der Waals surface area contributed by atoms with E-state index in [9.17, 15) is 4.79 Å². The Morgan fingerprint density at radius 1 is 1.28 bits per heavy atom. The van der Waals surface area contributed by atoms with Gasteiger partial charge in [-0.1, -0.05) is 17.7 Å². The lowest BCUT2D eigenvalue weighted by Crippen LogP contribution is -2.28. The second-order valence-corrected chi connectivity index (χ2v) is 5.27. The summed E-state index contributed by atoms with van der Waals surface area (Å²) in [4.78, 5) is 13.9. The first-order valence-electron chi connectivity index (χ1n) is 5.40. The van der Waals surface area contributed by atoms with Gasteiger partial charge in [0.1, 0.15) is 6.54 Å². The van der Waals surface area contributed by atoms with Gasteiger partial charge in [-0.05, 0) is 35.7 Å². The Morgan fingerprint density at radius 3 is 2.56 bits per heavy atom. The highest BCUT2D eigenvalue weighted by atomic mass is 35.5.